The largest absolute Gasteiger partial charge is 2.00 e. The van der Waals surface area contributed by atoms with E-state index in [1.165, 1.54) is 32.7 Å². The molecule has 0 aliphatic rings. The molecule has 0 saturated carbocycles. The maximum absolute atomic E-state index is 2.32. The smallest absolute Gasteiger partial charge is 0.164 e. The van der Waals surface area contributed by atoms with Crippen molar-refractivity contribution >= 4 is 21.5 Å². The summed E-state index contributed by atoms with van der Waals surface area (Å²) < 4.78 is 0. The van der Waals surface area contributed by atoms with Crippen molar-refractivity contribution in [2.24, 2.45) is 0 Å². The topological polar surface area (TPSA) is 0 Å². The molecule has 100 valence electrons. The molecule has 0 bridgehead atoms. The van der Waals surface area contributed by atoms with E-state index in [1.807, 2.05) is 0 Å². The fourth-order valence-electron chi connectivity index (χ4n) is 3.04. The van der Waals surface area contributed by atoms with Gasteiger partial charge in [0.15, 0.2) is 0 Å². The van der Waals surface area contributed by atoms with Crippen LogP contribution in [0.5, 0.6) is 0 Å². The van der Waals surface area contributed by atoms with Crippen molar-refractivity contribution < 1.29 is 26.2 Å². The van der Waals surface area contributed by atoms with Gasteiger partial charge in [0.1, 0.15) is 0 Å². The quantitative estimate of drug-likeness (QED) is 0.415. The average Bonchev–Trinajstić information content (AvgIpc) is 3.10. The predicted octanol–water partition coefficient (Wildman–Crippen LogP) is 5.58. The molecule has 1 heteroatoms. The maximum Gasteiger partial charge on any atom is 2.00 e. The van der Waals surface area contributed by atoms with Gasteiger partial charge in [-0.2, -0.15) is 12.1 Å². The molecule has 0 saturated heterocycles. The first kappa shape index (κ1) is 14.5. The van der Waals surface area contributed by atoms with Gasteiger partial charge < -0.3 is 0 Å². The van der Waals surface area contributed by atoms with Gasteiger partial charge in [0, 0.05) is 0 Å². The molecule has 4 rings (SSSR count). The third-order valence-electron chi connectivity index (χ3n) is 4.28. The molecule has 4 aromatic rings. The van der Waals surface area contributed by atoms with Gasteiger partial charge in [0.25, 0.3) is 0 Å². The van der Waals surface area contributed by atoms with E-state index >= 15 is 0 Å². The van der Waals surface area contributed by atoms with Crippen molar-refractivity contribution in [2.45, 2.75) is 12.8 Å². The molecule has 0 atom stereocenters. The van der Waals surface area contributed by atoms with E-state index in [2.05, 4.69) is 79.7 Å². The van der Waals surface area contributed by atoms with Crippen molar-refractivity contribution in [3.63, 3.8) is 0 Å². The molecule has 0 amide bonds. The molecule has 0 nitrogen and oxygen atoms in total. The minimum absolute atomic E-state index is 0. The average molecular weight is 348 g/mol. The molecular formula is C20H16Zr. The van der Waals surface area contributed by atoms with E-state index in [9.17, 15) is 0 Å². The standard InChI is InChI=1S/C20H16.Zr/c1-14(19-10-15-6-2-3-7-16(15)11-19)20-12-17-8-4-5-9-18(17)13-20;/h2-14H,1H3;/q-2;+2. The van der Waals surface area contributed by atoms with E-state index in [4.69, 9.17) is 0 Å². The van der Waals surface area contributed by atoms with Crippen LogP contribution >= 0.6 is 0 Å². The van der Waals surface area contributed by atoms with Gasteiger partial charge in [-0.05, 0) is 5.92 Å². The number of hydrogen-bond donors (Lipinski definition) is 0. The van der Waals surface area contributed by atoms with Gasteiger partial charge in [-0.25, -0.2) is 0 Å². The van der Waals surface area contributed by atoms with E-state index in [1.54, 1.807) is 0 Å². The Labute approximate surface area is 144 Å². The van der Waals surface area contributed by atoms with Crippen LogP contribution in [0.25, 0.3) is 21.5 Å². The third-order valence-corrected chi connectivity index (χ3v) is 4.28. The molecule has 0 aliphatic heterocycles. The molecular weight excluding hydrogens is 331 g/mol. The van der Waals surface area contributed by atoms with Crippen molar-refractivity contribution in [1.82, 2.24) is 0 Å². The Hall–Kier alpha value is -1.46. The summed E-state index contributed by atoms with van der Waals surface area (Å²) in [4.78, 5) is 0. The number of hydrogen-bond acceptors (Lipinski definition) is 0. The summed E-state index contributed by atoms with van der Waals surface area (Å²) in [7, 11) is 0. The Balaban J connectivity index is 0.00000132. The minimum atomic E-state index is 0. The van der Waals surface area contributed by atoms with Crippen molar-refractivity contribution in [1.29, 1.82) is 0 Å². The van der Waals surface area contributed by atoms with Gasteiger partial charge >= 0.3 is 26.2 Å². The number of benzene rings is 2. The van der Waals surface area contributed by atoms with Gasteiger partial charge in [-0.3, -0.25) is 0 Å². The van der Waals surface area contributed by atoms with E-state index in [0.717, 1.165) is 0 Å². The molecule has 0 radical (unpaired) electrons. The minimum Gasteiger partial charge on any atom is -0.164 e. The molecule has 0 heterocycles. The van der Waals surface area contributed by atoms with Crippen LogP contribution in [0.15, 0.2) is 72.8 Å². The number of fused-ring (bicyclic) bond motifs is 2. The zero-order chi connectivity index (χ0) is 13.5. The Morgan fingerprint density at radius 2 is 1.14 bits per heavy atom. The van der Waals surface area contributed by atoms with Crippen LogP contribution in [0, 0.1) is 0 Å². The van der Waals surface area contributed by atoms with Crippen LogP contribution in [0.1, 0.15) is 24.0 Å². The van der Waals surface area contributed by atoms with E-state index < -0.39 is 0 Å². The zero-order valence-electron chi connectivity index (χ0n) is 12.0. The summed E-state index contributed by atoms with van der Waals surface area (Å²) >= 11 is 0. The fourth-order valence-corrected chi connectivity index (χ4v) is 3.04. The summed E-state index contributed by atoms with van der Waals surface area (Å²) in [6.07, 6.45) is 0. The Morgan fingerprint density at radius 3 is 1.57 bits per heavy atom. The summed E-state index contributed by atoms with van der Waals surface area (Å²) in [6.45, 7) is 2.29. The molecule has 0 N–H and O–H groups in total. The molecule has 0 aromatic heterocycles. The van der Waals surface area contributed by atoms with Crippen molar-refractivity contribution in [3.05, 3.63) is 83.9 Å². The predicted molar refractivity (Wildman–Crippen MR) is 86.6 cm³/mol. The molecule has 0 fully saturated rings. The van der Waals surface area contributed by atoms with Gasteiger partial charge in [-0.1, -0.05) is 19.1 Å². The van der Waals surface area contributed by atoms with Gasteiger partial charge in [0.2, 0.25) is 0 Å². The van der Waals surface area contributed by atoms with E-state index in [-0.39, 0.29) is 26.2 Å². The second-order valence-electron chi connectivity index (χ2n) is 5.56. The van der Waals surface area contributed by atoms with Crippen LogP contribution in [0.2, 0.25) is 0 Å². The maximum atomic E-state index is 2.32. The molecule has 0 aliphatic carbocycles. The van der Waals surface area contributed by atoms with Gasteiger partial charge in [0.05, 0.1) is 0 Å². The Morgan fingerprint density at radius 1 is 0.714 bits per heavy atom. The van der Waals surface area contributed by atoms with Crippen LogP contribution in [-0.2, 0) is 26.2 Å². The second kappa shape index (κ2) is 5.74. The normalized spacial score (nSPS) is 11.1. The monoisotopic (exact) mass is 346 g/mol. The number of rotatable bonds is 2. The summed E-state index contributed by atoms with van der Waals surface area (Å²) in [5, 5.41) is 5.35. The fraction of sp³-hybridized carbons (Fsp3) is 0.100. The Kier molecular flexibility index (Phi) is 3.95. The molecule has 0 unspecified atom stereocenters. The summed E-state index contributed by atoms with van der Waals surface area (Å²) in [6, 6.07) is 26.4. The Bertz CT molecular complexity index is 739. The summed E-state index contributed by atoms with van der Waals surface area (Å²) in [5.74, 6) is 0.440. The molecule has 21 heavy (non-hydrogen) atoms. The first-order chi connectivity index (χ1) is 9.81. The van der Waals surface area contributed by atoms with Crippen LogP contribution in [0.4, 0.5) is 0 Å². The van der Waals surface area contributed by atoms with Crippen molar-refractivity contribution in [2.75, 3.05) is 0 Å². The first-order valence-corrected chi connectivity index (χ1v) is 7.12. The summed E-state index contributed by atoms with van der Waals surface area (Å²) in [5.41, 5.74) is 2.81. The SMILES string of the molecule is CC(c1cc2ccccc2[cH-]1)c1cc2ccccc2[cH-]1.[Zr+2]. The first-order valence-electron chi connectivity index (χ1n) is 7.12. The van der Waals surface area contributed by atoms with Crippen LogP contribution < -0.4 is 0 Å². The van der Waals surface area contributed by atoms with E-state index in [0.29, 0.717) is 5.92 Å². The van der Waals surface area contributed by atoms with Gasteiger partial charge in [-0.15, -0.1) is 81.2 Å². The van der Waals surface area contributed by atoms with Crippen LogP contribution in [0.3, 0.4) is 0 Å². The van der Waals surface area contributed by atoms with Crippen LogP contribution in [-0.4, -0.2) is 0 Å². The molecule has 0 spiro atoms. The molecule has 4 aromatic carbocycles. The zero-order valence-corrected chi connectivity index (χ0v) is 14.5. The van der Waals surface area contributed by atoms with Crippen molar-refractivity contribution in [3.8, 4) is 0 Å². The second-order valence-corrected chi connectivity index (χ2v) is 5.56. The third kappa shape index (κ3) is 2.56.